The van der Waals surface area contributed by atoms with E-state index in [2.05, 4.69) is 41.4 Å². The van der Waals surface area contributed by atoms with Gasteiger partial charge >= 0.3 is 0 Å². The van der Waals surface area contributed by atoms with Crippen LogP contribution in [0.25, 0.3) is 0 Å². The zero-order valence-corrected chi connectivity index (χ0v) is 12.9. The molecule has 0 saturated carbocycles. The molecule has 116 valence electrons. The number of nitrogens with two attached hydrogens (primary N) is 1. The second-order valence-electron chi connectivity index (χ2n) is 5.96. The maximum absolute atomic E-state index is 12.0. The highest BCUT2D eigenvalue weighted by Crippen LogP contribution is 2.14. The van der Waals surface area contributed by atoms with Crippen LogP contribution >= 0.6 is 0 Å². The van der Waals surface area contributed by atoms with Crippen molar-refractivity contribution in [1.82, 2.24) is 10.2 Å². The van der Waals surface area contributed by atoms with Gasteiger partial charge in [0.1, 0.15) is 0 Å². The van der Waals surface area contributed by atoms with E-state index in [1.54, 1.807) is 0 Å². The molecule has 1 aliphatic heterocycles. The van der Waals surface area contributed by atoms with Crippen LogP contribution in [-0.4, -0.2) is 36.0 Å². The molecule has 1 saturated heterocycles. The molecule has 0 aromatic heterocycles. The topological polar surface area (TPSA) is 58.4 Å². The Morgan fingerprint density at radius 3 is 2.90 bits per heavy atom. The standard InChI is InChI=1S/C17H27N3O/c1-2-7-16(18)17(21)19-15-10-6-11-20(13-15)12-14-8-4-3-5-9-14/h3-5,8-9,15-16H,2,6-7,10-13,18H2,1H3,(H,19,21)/t15?,16-/m1/s1. The Hall–Kier alpha value is -1.39. The number of rotatable bonds is 6. The first kappa shape index (κ1) is 16.0. The lowest BCUT2D eigenvalue weighted by Crippen LogP contribution is -2.51. The van der Waals surface area contributed by atoms with Crippen molar-refractivity contribution in [2.75, 3.05) is 13.1 Å². The van der Waals surface area contributed by atoms with Gasteiger partial charge in [-0.2, -0.15) is 0 Å². The quantitative estimate of drug-likeness (QED) is 0.841. The van der Waals surface area contributed by atoms with Gasteiger partial charge in [-0.15, -0.1) is 0 Å². The maximum atomic E-state index is 12.0. The zero-order valence-electron chi connectivity index (χ0n) is 12.9. The summed E-state index contributed by atoms with van der Waals surface area (Å²) in [4.78, 5) is 14.4. The lowest BCUT2D eigenvalue weighted by molar-refractivity contribution is -0.123. The fourth-order valence-corrected chi connectivity index (χ4v) is 2.91. The van der Waals surface area contributed by atoms with Gasteiger partial charge in [-0.05, 0) is 31.4 Å². The second kappa shape index (κ2) is 8.15. The number of amides is 1. The van der Waals surface area contributed by atoms with Crippen LogP contribution in [0.3, 0.4) is 0 Å². The first-order chi connectivity index (χ1) is 10.2. The van der Waals surface area contributed by atoms with Crippen molar-refractivity contribution < 1.29 is 4.79 Å². The molecule has 0 spiro atoms. The summed E-state index contributed by atoms with van der Waals surface area (Å²) >= 11 is 0. The summed E-state index contributed by atoms with van der Waals surface area (Å²) in [5.41, 5.74) is 7.20. The van der Waals surface area contributed by atoms with Gasteiger partial charge in [0.05, 0.1) is 6.04 Å². The SMILES string of the molecule is CCC[C@@H](N)C(=O)NC1CCCN(Cc2ccccc2)C1. The number of benzene rings is 1. The molecule has 1 heterocycles. The van der Waals surface area contributed by atoms with Crippen LogP contribution in [0.1, 0.15) is 38.2 Å². The fraction of sp³-hybridized carbons (Fsp3) is 0.588. The van der Waals surface area contributed by atoms with Gasteiger partial charge in [-0.25, -0.2) is 0 Å². The Balaban J connectivity index is 1.82. The third-order valence-corrected chi connectivity index (χ3v) is 4.04. The number of nitrogens with one attached hydrogen (secondary N) is 1. The summed E-state index contributed by atoms with van der Waals surface area (Å²) in [6.45, 7) is 5.02. The lowest BCUT2D eigenvalue weighted by Gasteiger charge is -2.33. The molecular formula is C17H27N3O. The summed E-state index contributed by atoms with van der Waals surface area (Å²) in [7, 11) is 0. The van der Waals surface area contributed by atoms with Crippen LogP contribution in [0.5, 0.6) is 0 Å². The summed E-state index contributed by atoms with van der Waals surface area (Å²) in [5.74, 6) is 0.00316. The van der Waals surface area contributed by atoms with E-state index in [0.717, 1.165) is 45.3 Å². The number of piperidine rings is 1. The van der Waals surface area contributed by atoms with Crippen LogP contribution in [0.2, 0.25) is 0 Å². The molecule has 3 N–H and O–H groups in total. The van der Waals surface area contributed by atoms with Gasteiger partial charge in [0.25, 0.3) is 0 Å². The van der Waals surface area contributed by atoms with Crippen molar-refractivity contribution in [3.63, 3.8) is 0 Å². The monoisotopic (exact) mass is 289 g/mol. The molecule has 1 amide bonds. The molecule has 1 aromatic carbocycles. The fourth-order valence-electron chi connectivity index (χ4n) is 2.91. The van der Waals surface area contributed by atoms with Crippen LogP contribution in [-0.2, 0) is 11.3 Å². The van der Waals surface area contributed by atoms with E-state index in [4.69, 9.17) is 5.73 Å². The van der Waals surface area contributed by atoms with Gasteiger partial charge < -0.3 is 11.1 Å². The molecule has 0 radical (unpaired) electrons. The average Bonchev–Trinajstić information content (AvgIpc) is 2.49. The van der Waals surface area contributed by atoms with Crippen molar-refractivity contribution in [2.24, 2.45) is 5.73 Å². The summed E-state index contributed by atoms with van der Waals surface area (Å²) in [6.07, 6.45) is 3.88. The lowest BCUT2D eigenvalue weighted by atomic mass is 10.0. The number of likely N-dealkylation sites (tertiary alicyclic amines) is 1. The van der Waals surface area contributed by atoms with Crippen molar-refractivity contribution in [3.8, 4) is 0 Å². The highest BCUT2D eigenvalue weighted by Gasteiger charge is 2.23. The zero-order chi connectivity index (χ0) is 15.1. The third kappa shape index (κ3) is 5.14. The van der Waals surface area contributed by atoms with Gasteiger partial charge in [-0.1, -0.05) is 43.7 Å². The number of hydrogen-bond acceptors (Lipinski definition) is 3. The number of hydrogen-bond donors (Lipinski definition) is 2. The summed E-state index contributed by atoms with van der Waals surface area (Å²) < 4.78 is 0. The minimum absolute atomic E-state index is 0.00316. The van der Waals surface area contributed by atoms with Crippen LogP contribution in [0.4, 0.5) is 0 Å². The minimum atomic E-state index is -0.362. The first-order valence-corrected chi connectivity index (χ1v) is 8.01. The van der Waals surface area contributed by atoms with E-state index >= 15 is 0 Å². The highest BCUT2D eigenvalue weighted by atomic mass is 16.2. The Morgan fingerprint density at radius 1 is 1.43 bits per heavy atom. The van der Waals surface area contributed by atoms with Crippen molar-refractivity contribution >= 4 is 5.91 Å². The Labute approximate surface area is 127 Å². The predicted molar refractivity (Wildman–Crippen MR) is 85.8 cm³/mol. The molecule has 21 heavy (non-hydrogen) atoms. The highest BCUT2D eigenvalue weighted by molar-refractivity contribution is 5.81. The molecule has 2 rings (SSSR count). The van der Waals surface area contributed by atoms with Crippen molar-refractivity contribution in [3.05, 3.63) is 35.9 Å². The molecule has 1 aliphatic rings. The molecule has 1 fully saturated rings. The number of carbonyl (C=O) groups excluding carboxylic acids is 1. The van der Waals surface area contributed by atoms with Crippen molar-refractivity contribution in [1.29, 1.82) is 0 Å². The van der Waals surface area contributed by atoms with E-state index in [1.165, 1.54) is 5.56 Å². The number of carbonyl (C=O) groups is 1. The number of nitrogens with zero attached hydrogens (tertiary/aromatic N) is 1. The van der Waals surface area contributed by atoms with Gasteiger partial charge in [0.15, 0.2) is 0 Å². The predicted octanol–water partition coefficient (Wildman–Crippen LogP) is 1.89. The Kier molecular flexibility index (Phi) is 6.21. The molecular weight excluding hydrogens is 262 g/mol. The van der Waals surface area contributed by atoms with E-state index in [-0.39, 0.29) is 18.0 Å². The van der Waals surface area contributed by atoms with Crippen LogP contribution in [0.15, 0.2) is 30.3 Å². The average molecular weight is 289 g/mol. The molecule has 0 bridgehead atoms. The summed E-state index contributed by atoms with van der Waals surface area (Å²) in [6, 6.07) is 10.4. The Bertz CT molecular complexity index is 435. The first-order valence-electron chi connectivity index (χ1n) is 8.01. The van der Waals surface area contributed by atoms with Crippen LogP contribution < -0.4 is 11.1 Å². The molecule has 2 atom stereocenters. The second-order valence-corrected chi connectivity index (χ2v) is 5.96. The van der Waals surface area contributed by atoms with E-state index in [0.29, 0.717) is 0 Å². The molecule has 1 unspecified atom stereocenters. The molecule has 4 nitrogen and oxygen atoms in total. The summed E-state index contributed by atoms with van der Waals surface area (Å²) in [5, 5.41) is 3.11. The minimum Gasteiger partial charge on any atom is -0.351 e. The third-order valence-electron chi connectivity index (χ3n) is 4.04. The smallest absolute Gasteiger partial charge is 0.237 e. The van der Waals surface area contributed by atoms with Gasteiger partial charge in [0, 0.05) is 19.1 Å². The van der Waals surface area contributed by atoms with E-state index in [1.807, 2.05) is 6.07 Å². The normalized spacial score (nSPS) is 21.0. The van der Waals surface area contributed by atoms with Crippen molar-refractivity contribution in [2.45, 2.75) is 51.2 Å². The Morgan fingerprint density at radius 2 is 2.19 bits per heavy atom. The molecule has 0 aliphatic carbocycles. The molecule has 4 heteroatoms. The van der Waals surface area contributed by atoms with E-state index in [9.17, 15) is 4.79 Å². The van der Waals surface area contributed by atoms with Gasteiger partial charge in [-0.3, -0.25) is 9.69 Å². The maximum Gasteiger partial charge on any atom is 0.237 e. The molecule has 1 aromatic rings. The van der Waals surface area contributed by atoms with E-state index < -0.39 is 0 Å². The largest absolute Gasteiger partial charge is 0.351 e. The van der Waals surface area contributed by atoms with Crippen LogP contribution in [0, 0.1) is 0 Å². The van der Waals surface area contributed by atoms with Gasteiger partial charge in [0.2, 0.25) is 5.91 Å².